The van der Waals surface area contributed by atoms with Gasteiger partial charge in [-0.3, -0.25) is 25.8 Å². The zero-order valence-corrected chi connectivity index (χ0v) is 21.9. The van der Waals surface area contributed by atoms with Crippen LogP contribution in [0.3, 0.4) is 0 Å². The van der Waals surface area contributed by atoms with Crippen molar-refractivity contribution in [1.82, 2.24) is 30.9 Å². The lowest BCUT2D eigenvalue weighted by atomic mass is 9.95. The molecule has 0 aliphatic carbocycles. The molecule has 6 rings (SSSR count). The summed E-state index contributed by atoms with van der Waals surface area (Å²) in [6.07, 6.45) is 8.14. The Morgan fingerprint density at radius 2 is 1.81 bits per heavy atom. The molecular weight excluding hydrogens is 468 g/mol. The molecule has 0 aromatic heterocycles. The van der Waals surface area contributed by atoms with Crippen LogP contribution in [0.4, 0.5) is 11.4 Å². The lowest BCUT2D eigenvalue weighted by Gasteiger charge is -2.45. The van der Waals surface area contributed by atoms with Crippen molar-refractivity contribution in [3.05, 3.63) is 36.4 Å². The molecule has 5 N–H and O–H groups in total. The smallest absolute Gasteiger partial charge is 0.244 e. The van der Waals surface area contributed by atoms with E-state index >= 15 is 0 Å². The molecule has 5 aliphatic rings. The molecule has 2 bridgehead atoms. The van der Waals surface area contributed by atoms with Gasteiger partial charge in [-0.2, -0.15) is 5.01 Å². The summed E-state index contributed by atoms with van der Waals surface area (Å²) in [5, 5.41) is 29.4. The largest absolute Gasteiger partial charge is 0.391 e. The lowest BCUT2D eigenvalue weighted by Crippen LogP contribution is -2.68. The number of carbonyl (C=O) groups excluding carboxylic acids is 1. The van der Waals surface area contributed by atoms with E-state index in [1.165, 1.54) is 5.69 Å². The Hall–Kier alpha value is -2.21. The topological polar surface area (TPSA) is 98.4 Å². The molecule has 4 fully saturated rings. The summed E-state index contributed by atoms with van der Waals surface area (Å²) in [5.41, 5.74) is 2.30. The van der Waals surface area contributed by atoms with Gasteiger partial charge in [-0.05, 0) is 63.4 Å². The lowest BCUT2D eigenvalue weighted by molar-refractivity contribution is -0.145. The number of piperazine rings is 1. The predicted molar refractivity (Wildman–Crippen MR) is 144 cm³/mol. The number of hydrogen-bond acceptors (Lipinski definition) is 9. The molecule has 4 saturated heterocycles. The molecule has 10 nitrogen and oxygen atoms in total. The zero-order chi connectivity index (χ0) is 25.4. The number of hydrazine groups is 1. The molecule has 37 heavy (non-hydrogen) atoms. The maximum absolute atomic E-state index is 13.5. The standard InChI is InChI=1S/C27H42N8O2/c1-32-14-16-33(17-15-32)20-11-9-19(10-12-20)29-27-28-18-21-25(31-27)35-24-8-5-6-22(30-24)23(36)7-3-2-4-13-34(35)26(21)37/h2,4,9-12,21-25,27-31,36H,3,5-8,13-18H2,1H3/b4-2-/t21?,22?,23-,24?,25?,27?/m0/s1. The van der Waals surface area contributed by atoms with E-state index < -0.39 is 0 Å². The first-order valence-corrected chi connectivity index (χ1v) is 14.0. The summed E-state index contributed by atoms with van der Waals surface area (Å²) < 4.78 is 0. The Morgan fingerprint density at radius 1 is 1.00 bits per heavy atom. The normalized spacial score (nSPS) is 36.4. The number of anilines is 2. The van der Waals surface area contributed by atoms with E-state index in [4.69, 9.17) is 0 Å². The number of likely N-dealkylation sites (N-methyl/N-ethyl adjacent to an activating group) is 1. The summed E-state index contributed by atoms with van der Waals surface area (Å²) in [6, 6.07) is 8.73. The number of hydrogen-bond donors (Lipinski definition) is 5. The summed E-state index contributed by atoms with van der Waals surface area (Å²) in [4.78, 5) is 18.3. The van der Waals surface area contributed by atoms with Gasteiger partial charge in [0.15, 0.2) is 0 Å². The molecule has 5 unspecified atom stereocenters. The number of nitrogens with zero attached hydrogens (tertiary/aromatic N) is 4. The van der Waals surface area contributed by atoms with E-state index in [9.17, 15) is 9.90 Å². The van der Waals surface area contributed by atoms with Crippen LogP contribution < -0.4 is 26.2 Å². The van der Waals surface area contributed by atoms with E-state index in [-0.39, 0.29) is 42.6 Å². The number of carbonyl (C=O) groups is 1. The molecule has 202 valence electrons. The van der Waals surface area contributed by atoms with Gasteiger partial charge in [-0.15, -0.1) is 0 Å². The molecule has 6 atom stereocenters. The van der Waals surface area contributed by atoms with Crippen LogP contribution in [0, 0.1) is 5.92 Å². The van der Waals surface area contributed by atoms with Crippen molar-refractivity contribution in [2.24, 2.45) is 5.92 Å². The van der Waals surface area contributed by atoms with Crippen LogP contribution in [0.15, 0.2) is 36.4 Å². The average molecular weight is 511 g/mol. The fourth-order valence-corrected chi connectivity index (χ4v) is 6.50. The monoisotopic (exact) mass is 510 g/mol. The van der Waals surface area contributed by atoms with Crippen molar-refractivity contribution in [3.8, 4) is 0 Å². The van der Waals surface area contributed by atoms with Gasteiger partial charge in [0.05, 0.1) is 30.9 Å². The minimum atomic E-state index is -0.364. The number of fused-ring (bicyclic) bond motifs is 6. The minimum absolute atomic E-state index is 0.0213. The van der Waals surface area contributed by atoms with E-state index in [0.29, 0.717) is 13.1 Å². The first kappa shape index (κ1) is 25.1. The maximum Gasteiger partial charge on any atom is 0.244 e. The first-order valence-electron chi connectivity index (χ1n) is 14.0. The number of rotatable bonds is 3. The fraction of sp³-hybridized carbons (Fsp3) is 0.667. The molecule has 1 aromatic carbocycles. The quantitative estimate of drug-likeness (QED) is 0.373. The Balaban J connectivity index is 1.15. The molecule has 1 aromatic rings. The third kappa shape index (κ3) is 5.23. The highest BCUT2D eigenvalue weighted by Gasteiger charge is 2.52. The number of amides is 1. The molecule has 1 amide bonds. The van der Waals surface area contributed by atoms with Crippen molar-refractivity contribution < 1.29 is 9.90 Å². The van der Waals surface area contributed by atoms with E-state index in [1.807, 2.05) is 5.01 Å². The number of benzene rings is 1. The van der Waals surface area contributed by atoms with Crippen LogP contribution in [0.5, 0.6) is 0 Å². The van der Waals surface area contributed by atoms with Gasteiger partial charge < -0.3 is 20.2 Å². The second kappa shape index (κ2) is 10.9. The summed E-state index contributed by atoms with van der Waals surface area (Å²) >= 11 is 0. The van der Waals surface area contributed by atoms with Crippen LogP contribution in [0.1, 0.15) is 32.1 Å². The second-order valence-corrected chi connectivity index (χ2v) is 11.2. The highest BCUT2D eigenvalue weighted by Crippen LogP contribution is 2.32. The predicted octanol–water partition coefficient (Wildman–Crippen LogP) is 0.507. The van der Waals surface area contributed by atoms with Crippen LogP contribution in [0.25, 0.3) is 0 Å². The molecule has 0 saturated carbocycles. The Kier molecular flexibility index (Phi) is 7.38. The second-order valence-electron chi connectivity index (χ2n) is 11.2. The van der Waals surface area contributed by atoms with E-state index in [1.54, 1.807) is 0 Å². The van der Waals surface area contributed by atoms with Crippen molar-refractivity contribution in [3.63, 3.8) is 0 Å². The van der Waals surface area contributed by atoms with Crippen LogP contribution >= 0.6 is 0 Å². The molecule has 10 heteroatoms. The van der Waals surface area contributed by atoms with Gasteiger partial charge in [0.25, 0.3) is 0 Å². The maximum atomic E-state index is 13.5. The van der Waals surface area contributed by atoms with Crippen molar-refractivity contribution in [2.45, 2.75) is 62.9 Å². The number of aliphatic hydroxyl groups is 1. The Morgan fingerprint density at radius 3 is 2.62 bits per heavy atom. The molecule has 5 aliphatic heterocycles. The van der Waals surface area contributed by atoms with Gasteiger partial charge >= 0.3 is 0 Å². The summed E-state index contributed by atoms with van der Waals surface area (Å²) in [5.74, 6) is 0.00875. The highest BCUT2D eigenvalue weighted by atomic mass is 16.3. The number of nitrogens with one attached hydrogen (secondary N) is 4. The van der Waals surface area contributed by atoms with E-state index in [2.05, 4.69) is 79.5 Å². The highest BCUT2D eigenvalue weighted by molar-refractivity contribution is 5.82. The van der Waals surface area contributed by atoms with Gasteiger partial charge in [0.2, 0.25) is 5.91 Å². The number of allylic oxidation sites excluding steroid dienone is 1. The molecule has 0 spiro atoms. The van der Waals surface area contributed by atoms with Gasteiger partial charge in [-0.1, -0.05) is 12.2 Å². The zero-order valence-electron chi connectivity index (χ0n) is 21.9. The molecular formula is C27H42N8O2. The Labute approximate surface area is 220 Å². The van der Waals surface area contributed by atoms with E-state index in [0.717, 1.165) is 64.0 Å². The molecule has 5 heterocycles. The number of aliphatic hydroxyl groups excluding tert-OH is 1. The fourth-order valence-electron chi connectivity index (χ4n) is 6.50. The van der Waals surface area contributed by atoms with Crippen molar-refractivity contribution >= 4 is 17.3 Å². The Bertz CT molecular complexity index is 966. The van der Waals surface area contributed by atoms with Crippen LogP contribution in [0.2, 0.25) is 0 Å². The van der Waals surface area contributed by atoms with Crippen molar-refractivity contribution in [2.75, 3.05) is 56.5 Å². The summed E-state index contributed by atoms with van der Waals surface area (Å²) in [6.45, 7) is 5.48. The van der Waals surface area contributed by atoms with Crippen molar-refractivity contribution in [1.29, 1.82) is 0 Å². The third-order valence-electron chi connectivity index (χ3n) is 8.70. The SMILES string of the molecule is CN1CCN(c2ccc(NC3NCC4C(=O)N5C/C=C\CC[C@H](O)C6CCCC(N6)N5C4N3)cc2)CC1. The third-order valence-corrected chi connectivity index (χ3v) is 8.70. The van der Waals surface area contributed by atoms with Gasteiger partial charge in [0.1, 0.15) is 6.29 Å². The van der Waals surface area contributed by atoms with Gasteiger partial charge in [0, 0.05) is 50.1 Å². The average Bonchev–Trinajstić information content (AvgIpc) is 3.19. The number of piperidine rings is 1. The van der Waals surface area contributed by atoms with Crippen LogP contribution in [-0.2, 0) is 4.79 Å². The molecule has 0 radical (unpaired) electrons. The summed E-state index contributed by atoms with van der Waals surface area (Å²) in [7, 11) is 2.18. The first-order chi connectivity index (χ1) is 18.1. The minimum Gasteiger partial charge on any atom is -0.391 e. The van der Waals surface area contributed by atoms with Crippen LogP contribution in [-0.4, -0.2) is 103 Å². The van der Waals surface area contributed by atoms with Gasteiger partial charge in [-0.25, -0.2) is 0 Å².